The normalized spacial score (nSPS) is 18.4. The van der Waals surface area contributed by atoms with Gasteiger partial charge in [-0.15, -0.1) is 0 Å². The van der Waals surface area contributed by atoms with Gasteiger partial charge in [0.15, 0.2) is 0 Å². The number of carbonyl (C=O) groups is 1. The fraction of sp³-hybridized carbons (Fsp3) is 0.429. The van der Waals surface area contributed by atoms with Crippen LogP contribution in [0.4, 0.5) is 18.0 Å². The van der Waals surface area contributed by atoms with E-state index < -0.39 is 11.9 Å². The summed E-state index contributed by atoms with van der Waals surface area (Å²) in [6.07, 6.45) is -1.82. The summed E-state index contributed by atoms with van der Waals surface area (Å²) in [5.41, 5.74) is 1.31. The molecule has 1 aromatic carbocycles. The molecule has 3 rings (SSSR count). The third-order valence-electron chi connectivity index (χ3n) is 5.13. The first-order valence-corrected chi connectivity index (χ1v) is 9.51. The van der Waals surface area contributed by atoms with Crippen molar-refractivity contribution in [3.8, 4) is 11.1 Å². The monoisotopic (exact) mass is 408 g/mol. The minimum Gasteiger partial charge on any atom is -0.446 e. The number of hydrogen-bond acceptors (Lipinski definition) is 4. The lowest BCUT2D eigenvalue weighted by Crippen LogP contribution is -2.43. The van der Waals surface area contributed by atoms with Crippen molar-refractivity contribution < 1.29 is 27.8 Å². The zero-order valence-electron chi connectivity index (χ0n) is 16.0. The molecular weight excluding hydrogens is 385 g/mol. The molecule has 0 bridgehead atoms. The molecular formula is C21H23F3N2O3. The molecule has 1 saturated heterocycles. The molecule has 2 heterocycles. The highest BCUT2D eigenvalue weighted by molar-refractivity contribution is 5.69. The van der Waals surface area contributed by atoms with Gasteiger partial charge in [-0.05, 0) is 37.0 Å². The van der Waals surface area contributed by atoms with E-state index in [1.807, 2.05) is 19.1 Å². The molecule has 0 saturated carbocycles. The Balaban J connectivity index is 1.66. The zero-order chi connectivity index (χ0) is 21.0. The number of nitrogens with zero attached hydrogens (tertiary/aromatic N) is 2. The Labute approximate surface area is 167 Å². The van der Waals surface area contributed by atoms with Gasteiger partial charge in [-0.1, -0.05) is 30.3 Å². The van der Waals surface area contributed by atoms with Gasteiger partial charge in [0.25, 0.3) is 0 Å². The average molecular weight is 408 g/mol. The second-order valence-corrected chi connectivity index (χ2v) is 7.08. The highest BCUT2D eigenvalue weighted by atomic mass is 19.4. The van der Waals surface area contributed by atoms with E-state index in [1.165, 1.54) is 12.3 Å². The van der Waals surface area contributed by atoms with Gasteiger partial charge < -0.3 is 14.7 Å². The topological polar surface area (TPSA) is 62.7 Å². The Hall–Kier alpha value is -2.61. The zero-order valence-corrected chi connectivity index (χ0v) is 16.0. The first-order chi connectivity index (χ1) is 13.8. The van der Waals surface area contributed by atoms with E-state index in [0.717, 1.165) is 17.2 Å². The SMILES string of the molecule is CC(c1ccc(-c2ccc(C(F)(F)F)nc2)cc1)N1CCC(CCCO)OC1=O. The van der Waals surface area contributed by atoms with Crippen LogP contribution in [0, 0.1) is 0 Å². The minimum absolute atomic E-state index is 0.0783. The highest BCUT2D eigenvalue weighted by Crippen LogP contribution is 2.30. The molecule has 156 valence electrons. The summed E-state index contributed by atoms with van der Waals surface area (Å²) in [6.45, 7) is 2.56. The van der Waals surface area contributed by atoms with E-state index in [0.29, 0.717) is 31.4 Å². The smallest absolute Gasteiger partial charge is 0.433 e. The number of alkyl halides is 3. The maximum Gasteiger partial charge on any atom is 0.433 e. The largest absolute Gasteiger partial charge is 0.446 e. The molecule has 2 unspecified atom stereocenters. The van der Waals surface area contributed by atoms with Crippen LogP contribution < -0.4 is 0 Å². The average Bonchev–Trinajstić information content (AvgIpc) is 2.71. The van der Waals surface area contributed by atoms with Gasteiger partial charge >= 0.3 is 12.3 Å². The van der Waals surface area contributed by atoms with Crippen molar-refractivity contribution in [2.24, 2.45) is 0 Å². The number of halogens is 3. The highest BCUT2D eigenvalue weighted by Gasteiger charge is 2.32. The number of hydrogen-bond donors (Lipinski definition) is 1. The summed E-state index contributed by atoms with van der Waals surface area (Å²) in [5.74, 6) is 0. The lowest BCUT2D eigenvalue weighted by molar-refractivity contribution is -0.141. The van der Waals surface area contributed by atoms with Crippen molar-refractivity contribution in [2.75, 3.05) is 13.2 Å². The molecule has 5 nitrogen and oxygen atoms in total. The van der Waals surface area contributed by atoms with E-state index in [2.05, 4.69) is 4.98 Å². The Bertz CT molecular complexity index is 823. The fourth-order valence-electron chi connectivity index (χ4n) is 3.38. The molecule has 29 heavy (non-hydrogen) atoms. The van der Waals surface area contributed by atoms with Crippen LogP contribution in [-0.2, 0) is 10.9 Å². The summed E-state index contributed by atoms with van der Waals surface area (Å²) >= 11 is 0. The maximum absolute atomic E-state index is 12.6. The minimum atomic E-state index is -4.46. The first-order valence-electron chi connectivity index (χ1n) is 9.51. The van der Waals surface area contributed by atoms with Gasteiger partial charge in [0.1, 0.15) is 11.8 Å². The van der Waals surface area contributed by atoms with Gasteiger partial charge in [0.05, 0.1) is 6.04 Å². The summed E-state index contributed by atoms with van der Waals surface area (Å²) < 4.78 is 43.4. The van der Waals surface area contributed by atoms with Gasteiger partial charge in [-0.25, -0.2) is 4.79 Å². The lowest BCUT2D eigenvalue weighted by atomic mass is 10.0. The Kier molecular flexibility index (Phi) is 6.42. The second kappa shape index (κ2) is 8.82. The van der Waals surface area contributed by atoms with Gasteiger partial charge in [-0.3, -0.25) is 4.98 Å². The molecule has 1 aliphatic rings. The van der Waals surface area contributed by atoms with E-state index in [1.54, 1.807) is 17.0 Å². The quantitative estimate of drug-likeness (QED) is 0.745. The van der Waals surface area contributed by atoms with Crippen molar-refractivity contribution >= 4 is 6.09 Å². The van der Waals surface area contributed by atoms with Crippen molar-refractivity contribution in [3.05, 3.63) is 53.9 Å². The molecule has 1 N–H and O–H groups in total. The molecule has 0 aliphatic carbocycles. The van der Waals surface area contributed by atoms with Crippen LogP contribution in [0.25, 0.3) is 11.1 Å². The van der Waals surface area contributed by atoms with E-state index >= 15 is 0 Å². The van der Waals surface area contributed by atoms with E-state index in [-0.39, 0.29) is 24.8 Å². The molecule has 1 aliphatic heterocycles. The number of cyclic esters (lactones) is 1. The van der Waals surface area contributed by atoms with Crippen LogP contribution in [0.3, 0.4) is 0 Å². The molecule has 1 aromatic heterocycles. The predicted octanol–water partition coefficient (Wildman–Crippen LogP) is 4.81. The van der Waals surface area contributed by atoms with Crippen molar-refractivity contribution in [2.45, 2.75) is 44.5 Å². The number of aromatic nitrogens is 1. The van der Waals surface area contributed by atoms with Gasteiger partial charge in [0.2, 0.25) is 0 Å². The third-order valence-corrected chi connectivity index (χ3v) is 5.13. The molecule has 1 amide bonds. The van der Waals surface area contributed by atoms with Crippen LogP contribution in [0.1, 0.15) is 43.5 Å². The Morgan fingerprint density at radius 1 is 1.21 bits per heavy atom. The Morgan fingerprint density at radius 2 is 1.90 bits per heavy atom. The summed E-state index contributed by atoms with van der Waals surface area (Å²) in [4.78, 5) is 17.5. The standard InChI is InChI=1S/C21H23F3N2O3/c1-14(26-11-10-18(3-2-12-27)29-20(26)28)15-4-6-16(7-5-15)17-8-9-19(25-13-17)21(22,23)24/h4-9,13-14,18,27H,2-3,10-12H2,1H3. The van der Waals surface area contributed by atoms with Crippen molar-refractivity contribution in [3.63, 3.8) is 0 Å². The molecule has 8 heteroatoms. The van der Waals surface area contributed by atoms with Crippen LogP contribution in [-0.4, -0.2) is 40.3 Å². The summed E-state index contributed by atoms with van der Waals surface area (Å²) in [7, 11) is 0. The van der Waals surface area contributed by atoms with E-state index in [4.69, 9.17) is 9.84 Å². The number of aliphatic hydroxyl groups excluding tert-OH is 1. The Morgan fingerprint density at radius 3 is 2.45 bits per heavy atom. The molecule has 2 aromatic rings. The number of amides is 1. The fourth-order valence-corrected chi connectivity index (χ4v) is 3.38. The molecule has 0 spiro atoms. The van der Waals surface area contributed by atoms with Crippen LogP contribution in [0.5, 0.6) is 0 Å². The number of benzene rings is 1. The predicted molar refractivity (Wildman–Crippen MR) is 101 cm³/mol. The van der Waals surface area contributed by atoms with Crippen molar-refractivity contribution in [1.29, 1.82) is 0 Å². The number of ether oxygens (including phenoxy) is 1. The number of aliphatic hydroxyl groups is 1. The van der Waals surface area contributed by atoms with Crippen LogP contribution in [0.2, 0.25) is 0 Å². The van der Waals surface area contributed by atoms with E-state index in [9.17, 15) is 18.0 Å². The van der Waals surface area contributed by atoms with Gasteiger partial charge in [0, 0.05) is 31.3 Å². The lowest BCUT2D eigenvalue weighted by Gasteiger charge is -2.35. The summed E-state index contributed by atoms with van der Waals surface area (Å²) in [5, 5.41) is 8.90. The molecule has 0 radical (unpaired) electrons. The third kappa shape index (κ3) is 5.06. The first kappa shape index (κ1) is 21.1. The number of rotatable bonds is 6. The summed E-state index contributed by atoms with van der Waals surface area (Å²) in [6, 6.07) is 9.46. The second-order valence-electron chi connectivity index (χ2n) is 7.08. The van der Waals surface area contributed by atoms with Crippen molar-refractivity contribution in [1.82, 2.24) is 9.88 Å². The molecule has 1 fully saturated rings. The number of pyridine rings is 1. The van der Waals surface area contributed by atoms with Crippen LogP contribution in [0.15, 0.2) is 42.6 Å². The van der Waals surface area contributed by atoms with Crippen LogP contribution >= 0.6 is 0 Å². The molecule has 2 atom stereocenters. The van der Waals surface area contributed by atoms with Gasteiger partial charge in [-0.2, -0.15) is 13.2 Å². The maximum atomic E-state index is 12.6. The number of carbonyl (C=O) groups excluding carboxylic acids is 1.